The molecule has 0 aromatic rings. The van der Waals surface area contributed by atoms with E-state index in [0.29, 0.717) is 6.42 Å². The minimum atomic E-state index is -0.881. The van der Waals surface area contributed by atoms with Gasteiger partial charge in [0.15, 0.2) is 6.10 Å². The van der Waals surface area contributed by atoms with Crippen LogP contribution in [0.15, 0.2) is 0 Å². The summed E-state index contributed by atoms with van der Waals surface area (Å²) in [6, 6.07) is 0. The summed E-state index contributed by atoms with van der Waals surface area (Å²) in [5.74, 6) is -2.10. The fraction of sp³-hybridized carbons (Fsp3) is 0.852. The number of esters is 4. The Kier molecular flexibility index (Phi) is 21.0. The van der Waals surface area contributed by atoms with Crippen molar-refractivity contribution in [1.82, 2.24) is 0 Å². The van der Waals surface area contributed by atoms with Crippen molar-refractivity contribution in [3.8, 4) is 0 Å². The van der Waals surface area contributed by atoms with Crippen LogP contribution in [-0.2, 0) is 38.1 Å². The number of carbonyl (C=O) groups is 4. The molecular formula is C27H48O8. The van der Waals surface area contributed by atoms with Crippen LogP contribution >= 0.6 is 0 Å². The molecule has 0 fully saturated rings. The number of ether oxygens (including phenoxy) is 4. The lowest BCUT2D eigenvalue weighted by Gasteiger charge is -2.19. The Bertz CT molecular complexity index is 590. The highest BCUT2D eigenvalue weighted by Crippen LogP contribution is 2.16. The number of carbonyl (C=O) groups excluding carboxylic acids is 4. The topological polar surface area (TPSA) is 105 Å². The van der Waals surface area contributed by atoms with Crippen LogP contribution in [0.25, 0.3) is 0 Å². The minimum Gasteiger partial charge on any atom is -0.462 e. The molecule has 0 aromatic heterocycles. The zero-order valence-electron chi connectivity index (χ0n) is 22.4. The second kappa shape index (κ2) is 22.4. The average Bonchev–Trinajstić information content (AvgIpc) is 2.77. The summed E-state index contributed by atoms with van der Waals surface area (Å²) in [6.45, 7) is 5.57. The Balaban J connectivity index is 4.08. The first-order valence-electron chi connectivity index (χ1n) is 13.4. The molecule has 0 aromatic carbocycles. The highest BCUT2D eigenvalue weighted by Gasteiger charge is 2.21. The van der Waals surface area contributed by atoms with Gasteiger partial charge in [0.2, 0.25) is 0 Å². The summed E-state index contributed by atoms with van der Waals surface area (Å²) in [5.41, 5.74) is 0. The molecule has 0 amide bonds. The molecular weight excluding hydrogens is 452 g/mol. The third kappa shape index (κ3) is 23.4. The average molecular weight is 501 g/mol. The Labute approximate surface area is 211 Å². The number of unbranched alkanes of at least 4 members (excludes halogenated alkanes) is 12. The number of hydrogen-bond donors (Lipinski definition) is 0. The van der Waals surface area contributed by atoms with E-state index in [1.807, 2.05) is 0 Å². The van der Waals surface area contributed by atoms with Gasteiger partial charge >= 0.3 is 23.9 Å². The van der Waals surface area contributed by atoms with Crippen molar-refractivity contribution in [2.45, 2.75) is 136 Å². The van der Waals surface area contributed by atoms with E-state index in [-0.39, 0.29) is 19.6 Å². The molecule has 2 atom stereocenters. The molecule has 8 heteroatoms. The summed E-state index contributed by atoms with van der Waals surface area (Å²) < 4.78 is 20.3. The van der Waals surface area contributed by atoms with Crippen LogP contribution in [-0.4, -0.2) is 49.3 Å². The van der Waals surface area contributed by atoms with Crippen molar-refractivity contribution in [1.29, 1.82) is 0 Å². The fourth-order valence-electron chi connectivity index (χ4n) is 3.82. The van der Waals surface area contributed by atoms with Crippen molar-refractivity contribution in [2.24, 2.45) is 0 Å². The quantitative estimate of drug-likeness (QED) is 0.104. The van der Waals surface area contributed by atoms with Gasteiger partial charge in [-0.3, -0.25) is 19.2 Å². The van der Waals surface area contributed by atoms with Crippen LogP contribution in [0.5, 0.6) is 0 Å². The normalized spacial score (nSPS) is 12.5. The molecule has 204 valence electrons. The molecule has 0 saturated carbocycles. The Morgan fingerprint density at radius 3 is 1.43 bits per heavy atom. The predicted octanol–water partition coefficient (Wildman–Crippen LogP) is 5.83. The van der Waals surface area contributed by atoms with Gasteiger partial charge in [0.25, 0.3) is 0 Å². The van der Waals surface area contributed by atoms with Crippen LogP contribution in [0.3, 0.4) is 0 Å². The molecule has 2 unspecified atom stereocenters. The Hall–Kier alpha value is -2.12. The summed E-state index contributed by atoms with van der Waals surface area (Å²) in [7, 11) is 0. The molecule has 0 aliphatic rings. The monoisotopic (exact) mass is 500 g/mol. The van der Waals surface area contributed by atoms with Crippen LogP contribution in [0.1, 0.15) is 124 Å². The highest BCUT2D eigenvalue weighted by atomic mass is 16.6. The largest absolute Gasteiger partial charge is 0.462 e. The van der Waals surface area contributed by atoms with Crippen LogP contribution in [0.4, 0.5) is 0 Å². The smallest absolute Gasteiger partial charge is 0.309 e. The summed E-state index contributed by atoms with van der Waals surface area (Å²) in [5, 5.41) is 0. The van der Waals surface area contributed by atoms with E-state index in [9.17, 15) is 19.2 Å². The van der Waals surface area contributed by atoms with Gasteiger partial charge in [-0.1, -0.05) is 84.0 Å². The lowest BCUT2D eigenvalue weighted by Crippen LogP contribution is -2.31. The lowest BCUT2D eigenvalue weighted by molar-refractivity contribution is -0.166. The molecule has 0 rings (SSSR count). The van der Waals surface area contributed by atoms with E-state index in [2.05, 4.69) is 6.92 Å². The first-order chi connectivity index (χ1) is 16.7. The molecule has 35 heavy (non-hydrogen) atoms. The van der Waals surface area contributed by atoms with Gasteiger partial charge in [0.05, 0.1) is 6.42 Å². The second-order valence-electron chi connectivity index (χ2n) is 9.18. The molecule has 8 nitrogen and oxygen atoms in total. The SMILES string of the molecule is CCCCCCCCCCCCCCCC(CC(=O)OCC(COC(C)=O)OC(C)=O)OC(C)=O. The number of rotatable bonds is 22. The summed E-state index contributed by atoms with van der Waals surface area (Å²) in [4.78, 5) is 45.8. The van der Waals surface area contributed by atoms with Gasteiger partial charge in [0, 0.05) is 20.8 Å². The Morgan fingerprint density at radius 2 is 0.971 bits per heavy atom. The summed E-state index contributed by atoms with van der Waals surface area (Å²) >= 11 is 0. The van der Waals surface area contributed by atoms with Crippen molar-refractivity contribution in [3.63, 3.8) is 0 Å². The molecule has 0 aliphatic carbocycles. The molecule has 0 saturated heterocycles. The van der Waals surface area contributed by atoms with Gasteiger partial charge in [0.1, 0.15) is 19.3 Å². The zero-order chi connectivity index (χ0) is 26.3. The maximum Gasteiger partial charge on any atom is 0.309 e. The van der Waals surface area contributed by atoms with E-state index >= 15 is 0 Å². The fourth-order valence-corrected chi connectivity index (χ4v) is 3.82. The maximum absolute atomic E-state index is 12.2. The van der Waals surface area contributed by atoms with E-state index in [1.165, 1.54) is 85.0 Å². The zero-order valence-corrected chi connectivity index (χ0v) is 22.4. The molecule has 0 N–H and O–H groups in total. The first kappa shape index (κ1) is 32.9. The van der Waals surface area contributed by atoms with Crippen molar-refractivity contribution in [3.05, 3.63) is 0 Å². The maximum atomic E-state index is 12.2. The van der Waals surface area contributed by atoms with Crippen molar-refractivity contribution >= 4 is 23.9 Å². The third-order valence-corrected chi connectivity index (χ3v) is 5.59. The van der Waals surface area contributed by atoms with E-state index in [0.717, 1.165) is 19.3 Å². The summed E-state index contributed by atoms with van der Waals surface area (Å²) in [6.07, 6.45) is 15.3. The number of hydrogen-bond acceptors (Lipinski definition) is 8. The van der Waals surface area contributed by atoms with Crippen LogP contribution in [0.2, 0.25) is 0 Å². The molecule has 0 spiro atoms. The standard InChI is InChI=1S/C27H48O8/c1-5-6-7-8-9-10-11-12-13-14-15-16-17-18-25(34-23(3)29)19-27(31)33-21-26(35-24(4)30)20-32-22(2)28/h25-26H,5-21H2,1-4H3. The van der Waals surface area contributed by atoms with Gasteiger partial charge in [-0.2, -0.15) is 0 Å². The van der Waals surface area contributed by atoms with Gasteiger partial charge in [-0.05, 0) is 12.8 Å². The van der Waals surface area contributed by atoms with Crippen molar-refractivity contribution in [2.75, 3.05) is 13.2 Å². The van der Waals surface area contributed by atoms with Crippen LogP contribution in [0, 0.1) is 0 Å². The van der Waals surface area contributed by atoms with E-state index < -0.39 is 36.1 Å². The minimum absolute atomic E-state index is 0.0712. The second-order valence-corrected chi connectivity index (χ2v) is 9.18. The van der Waals surface area contributed by atoms with E-state index in [4.69, 9.17) is 18.9 Å². The predicted molar refractivity (Wildman–Crippen MR) is 134 cm³/mol. The van der Waals surface area contributed by atoms with Gasteiger partial charge < -0.3 is 18.9 Å². The lowest BCUT2D eigenvalue weighted by atomic mass is 10.0. The van der Waals surface area contributed by atoms with Gasteiger partial charge in [-0.15, -0.1) is 0 Å². The third-order valence-electron chi connectivity index (χ3n) is 5.59. The van der Waals surface area contributed by atoms with Gasteiger partial charge in [-0.25, -0.2) is 0 Å². The molecule has 0 radical (unpaired) electrons. The first-order valence-corrected chi connectivity index (χ1v) is 13.4. The van der Waals surface area contributed by atoms with E-state index in [1.54, 1.807) is 0 Å². The molecule has 0 aliphatic heterocycles. The van der Waals surface area contributed by atoms with Crippen LogP contribution < -0.4 is 0 Å². The molecule has 0 heterocycles. The highest BCUT2D eigenvalue weighted by molar-refractivity contribution is 5.71. The Morgan fingerprint density at radius 1 is 0.543 bits per heavy atom. The molecule has 0 bridgehead atoms. The van der Waals surface area contributed by atoms with Crippen molar-refractivity contribution < 1.29 is 38.1 Å².